The Hall–Kier alpha value is -4.30. The molecule has 1 amide bonds. The van der Waals surface area contributed by atoms with Crippen LogP contribution in [0.15, 0.2) is 48.7 Å². The minimum atomic E-state index is -1.48. The molecule has 5 N–H and O–H groups in total. The maximum absolute atomic E-state index is 12.6. The maximum atomic E-state index is 12.6. The van der Waals surface area contributed by atoms with Crippen LogP contribution in [-0.2, 0) is 19.0 Å². The summed E-state index contributed by atoms with van der Waals surface area (Å²) in [5, 5.41) is 36.5. The van der Waals surface area contributed by atoms with Crippen molar-refractivity contribution in [3.63, 3.8) is 0 Å². The van der Waals surface area contributed by atoms with Crippen molar-refractivity contribution in [3.05, 3.63) is 59.8 Å². The Kier molecular flexibility index (Phi) is 8.80. The van der Waals surface area contributed by atoms with Gasteiger partial charge in [-0.15, -0.1) is 0 Å². The molecule has 0 bridgehead atoms. The SMILES string of the molecule is COC(=O)c1ccc2ncc(C(=O)OC)c(Nc3cccc(OC4OC(CO)C(O)C(O)C4NC(C)=O)c3)c2c1. The first kappa shape index (κ1) is 28.7. The monoisotopic (exact) mass is 555 g/mol. The average Bonchev–Trinajstić information content (AvgIpc) is 2.96. The van der Waals surface area contributed by atoms with E-state index in [4.69, 9.17) is 18.9 Å². The molecule has 1 aliphatic heterocycles. The van der Waals surface area contributed by atoms with E-state index >= 15 is 0 Å². The predicted octanol–water partition coefficient (Wildman–Crippen LogP) is 0.874. The van der Waals surface area contributed by atoms with E-state index in [9.17, 15) is 29.7 Å². The highest BCUT2D eigenvalue weighted by atomic mass is 16.7. The van der Waals surface area contributed by atoms with Gasteiger partial charge in [-0.1, -0.05) is 6.07 Å². The normalized spacial score (nSPS) is 22.3. The number of esters is 2. The lowest BCUT2D eigenvalue weighted by atomic mass is 9.97. The summed E-state index contributed by atoms with van der Waals surface area (Å²) in [5.74, 6) is -1.48. The zero-order valence-electron chi connectivity index (χ0n) is 21.9. The van der Waals surface area contributed by atoms with Crippen LogP contribution >= 0.6 is 0 Å². The molecule has 40 heavy (non-hydrogen) atoms. The number of anilines is 2. The second-order valence-corrected chi connectivity index (χ2v) is 8.97. The Labute approximate surface area is 228 Å². The molecule has 13 heteroatoms. The van der Waals surface area contributed by atoms with Crippen LogP contribution in [0.4, 0.5) is 11.4 Å². The standard InChI is InChI=1S/C27H29N3O10/c1-13(32)29-22-24(34)23(33)20(12-31)40-27(22)39-16-6-4-5-15(10-16)30-21-17-9-14(25(35)37-2)7-8-19(17)28-11-18(21)26(36)38-3/h4-11,20,22-24,27,31,33-34H,12H2,1-3H3,(H,28,30)(H,29,32). The third-order valence-corrected chi connectivity index (χ3v) is 6.30. The van der Waals surface area contributed by atoms with E-state index in [1.54, 1.807) is 42.5 Å². The van der Waals surface area contributed by atoms with Crippen molar-refractivity contribution >= 4 is 40.1 Å². The second kappa shape index (κ2) is 12.3. The molecular formula is C27H29N3O10. The van der Waals surface area contributed by atoms with E-state index in [0.717, 1.165) is 0 Å². The van der Waals surface area contributed by atoms with Crippen molar-refractivity contribution in [1.82, 2.24) is 10.3 Å². The lowest BCUT2D eigenvalue weighted by molar-refractivity contribution is -0.244. The summed E-state index contributed by atoms with van der Waals surface area (Å²) in [6, 6.07) is 10.1. The van der Waals surface area contributed by atoms with Crippen LogP contribution in [0.2, 0.25) is 0 Å². The zero-order valence-corrected chi connectivity index (χ0v) is 21.9. The third-order valence-electron chi connectivity index (χ3n) is 6.30. The number of rotatable bonds is 8. The van der Waals surface area contributed by atoms with Crippen LogP contribution in [0.5, 0.6) is 5.75 Å². The van der Waals surface area contributed by atoms with Gasteiger partial charge in [0, 0.05) is 30.3 Å². The number of aliphatic hydroxyl groups excluding tert-OH is 3. The summed E-state index contributed by atoms with van der Waals surface area (Å²) < 4.78 is 21.3. The molecule has 0 spiro atoms. The summed E-state index contributed by atoms with van der Waals surface area (Å²) in [5.41, 5.74) is 1.60. The highest BCUT2D eigenvalue weighted by molar-refractivity contribution is 6.07. The number of fused-ring (bicyclic) bond motifs is 1. The predicted molar refractivity (Wildman–Crippen MR) is 140 cm³/mol. The summed E-state index contributed by atoms with van der Waals surface area (Å²) in [7, 11) is 2.49. The fourth-order valence-corrected chi connectivity index (χ4v) is 4.33. The van der Waals surface area contributed by atoms with E-state index in [1.165, 1.54) is 27.3 Å². The molecule has 3 aromatic rings. The zero-order chi connectivity index (χ0) is 29.0. The molecule has 2 heterocycles. The van der Waals surface area contributed by atoms with Gasteiger partial charge in [-0.25, -0.2) is 9.59 Å². The molecule has 1 saturated heterocycles. The Morgan fingerprint density at radius 2 is 1.77 bits per heavy atom. The van der Waals surface area contributed by atoms with Crippen molar-refractivity contribution in [2.75, 3.05) is 26.1 Å². The number of aromatic nitrogens is 1. The van der Waals surface area contributed by atoms with Crippen LogP contribution < -0.4 is 15.4 Å². The van der Waals surface area contributed by atoms with E-state index in [1.807, 2.05) is 0 Å². The number of methoxy groups -OCH3 is 2. The van der Waals surface area contributed by atoms with Crippen LogP contribution in [0, 0.1) is 0 Å². The van der Waals surface area contributed by atoms with E-state index < -0.39 is 55.1 Å². The van der Waals surface area contributed by atoms with Gasteiger partial charge < -0.3 is 44.9 Å². The first-order valence-electron chi connectivity index (χ1n) is 12.2. The van der Waals surface area contributed by atoms with Gasteiger partial charge in [-0.3, -0.25) is 9.78 Å². The smallest absolute Gasteiger partial charge is 0.341 e. The van der Waals surface area contributed by atoms with E-state index in [0.29, 0.717) is 22.3 Å². The number of carbonyl (C=O) groups excluding carboxylic acids is 3. The lowest BCUT2D eigenvalue weighted by Crippen LogP contribution is -2.65. The van der Waals surface area contributed by atoms with Gasteiger partial charge in [0.05, 0.1) is 37.6 Å². The molecule has 212 valence electrons. The van der Waals surface area contributed by atoms with E-state index in [2.05, 4.69) is 15.6 Å². The number of hydrogen-bond donors (Lipinski definition) is 5. The Morgan fingerprint density at radius 1 is 1.02 bits per heavy atom. The minimum Gasteiger partial charge on any atom is -0.465 e. The molecule has 1 aromatic heterocycles. The van der Waals surface area contributed by atoms with Crippen LogP contribution in [0.1, 0.15) is 27.6 Å². The van der Waals surface area contributed by atoms with E-state index in [-0.39, 0.29) is 16.9 Å². The number of carbonyl (C=O) groups is 3. The molecule has 4 rings (SSSR count). The van der Waals surface area contributed by atoms with Crippen LogP contribution in [0.25, 0.3) is 10.9 Å². The number of nitrogens with one attached hydrogen (secondary N) is 2. The second-order valence-electron chi connectivity index (χ2n) is 8.97. The lowest BCUT2D eigenvalue weighted by Gasteiger charge is -2.42. The quantitative estimate of drug-likeness (QED) is 0.247. The van der Waals surface area contributed by atoms with Crippen molar-refractivity contribution < 1.29 is 48.7 Å². The Bertz CT molecular complexity index is 1410. The number of nitrogens with zero attached hydrogens (tertiary/aromatic N) is 1. The van der Waals surface area contributed by atoms with Gasteiger partial charge in [0.15, 0.2) is 0 Å². The van der Waals surface area contributed by atoms with Gasteiger partial charge in [0.1, 0.15) is 35.7 Å². The summed E-state index contributed by atoms with van der Waals surface area (Å²) in [4.78, 5) is 40.8. The van der Waals surface area contributed by atoms with Gasteiger partial charge in [0.2, 0.25) is 12.2 Å². The van der Waals surface area contributed by atoms with Crippen LogP contribution in [0.3, 0.4) is 0 Å². The van der Waals surface area contributed by atoms with Gasteiger partial charge in [-0.2, -0.15) is 0 Å². The van der Waals surface area contributed by atoms with Gasteiger partial charge in [0.25, 0.3) is 0 Å². The number of hydrogen-bond acceptors (Lipinski definition) is 12. The molecule has 1 aliphatic rings. The molecule has 5 atom stereocenters. The largest absolute Gasteiger partial charge is 0.465 e. The minimum absolute atomic E-state index is 0.104. The van der Waals surface area contributed by atoms with Crippen molar-refractivity contribution in [1.29, 1.82) is 0 Å². The molecule has 0 saturated carbocycles. The fraction of sp³-hybridized carbons (Fsp3) is 0.333. The highest BCUT2D eigenvalue weighted by Crippen LogP contribution is 2.32. The third kappa shape index (κ3) is 5.97. The van der Waals surface area contributed by atoms with Crippen molar-refractivity contribution in [2.24, 2.45) is 0 Å². The molecule has 0 radical (unpaired) electrons. The van der Waals surface area contributed by atoms with Crippen molar-refractivity contribution in [3.8, 4) is 5.75 Å². The van der Waals surface area contributed by atoms with Crippen molar-refractivity contribution in [2.45, 2.75) is 37.6 Å². The van der Waals surface area contributed by atoms with Gasteiger partial charge in [-0.05, 0) is 30.3 Å². The Balaban J connectivity index is 1.69. The number of amides is 1. The number of pyridine rings is 1. The molecule has 13 nitrogen and oxygen atoms in total. The molecule has 2 aromatic carbocycles. The van der Waals surface area contributed by atoms with Gasteiger partial charge >= 0.3 is 11.9 Å². The summed E-state index contributed by atoms with van der Waals surface area (Å²) >= 11 is 0. The summed E-state index contributed by atoms with van der Waals surface area (Å²) in [6.07, 6.45) is -3.99. The first-order valence-corrected chi connectivity index (χ1v) is 12.2. The number of aliphatic hydroxyl groups is 3. The first-order chi connectivity index (χ1) is 19.2. The number of ether oxygens (including phenoxy) is 4. The molecule has 1 fully saturated rings. The highest BCUT2D eigenvalue weighted by Gasteiger charge is 2.46. The topological polar surface area (TPSA) is 186 Å². The van der Waals surface area contributed by atoms with Crippen LogP contribution in [-0.4, -0.2) is 89.6 Å². The summed E-state index contributed by atoms with van der Waals surface area (Å²) in [6.45, 7) is 0.647. The molecule has 0 aliphatic carbocycles. The Morgan fingerprint density at radius 3 is 2.45 bits per heavy atom. The molecule has 5 unspecified atom stereocenters. The average molecular weight is 556 g/mol. The maximum Gasteiger partial charge on any atom is 0.341 e. The fourth-order valence-electron chi connectivity index (χ4n) is 4.33. The number of benzene rings is 2. The molecular weight excluding hydrogens is 526 g/mol.